The number of pyridine rings is 1. The normalized spacial score (nSPS) is 20.4. The Balaban J connectivity index is 2.22. The maximum atomic E-state index is 10.9. The van der Waals surface area contributed by atoms with Crippen molar-refractivity contribution in [1.29, 1.82) is 0 Å². The molecule has 1 aliphatic heterocycles. The average Bonchev–Trinajstić information content (AvgIpc) is 2.28. The van der Waals surface area contributed by atoms with E-state index in [0.717, 1.165) is 25.2 Å². The Labute approximate surface area is 99.7 Å². The van der Waals surface area contributed by atoms with Crippen LogP contribution in [-0.4, -0.2) is 40.4 Å². The van der Waals surface area contributed by atoms with Crippen molar-refractivity contribution in [1.82, 2.24) is 4.98 Å². The molecule has 5 heteroatoms. The van der Waals surface area contributed by atoms with Gasteiger partial charge in [-0.15, -0.1) is 0 Å². The van der Waals surface area contributed by atoms with E-state index in [1.807, 2.05) is 4.90 Å². The number of anilines is 1. The van der Waals surface area contributed by atoms with Gasteiger partial charge in [-0.1, -0.05) is 0 Å². The lowest BCUT2D eigenvalue weighted by Gasteiger charge is -2.31. The van der Waals surface area contributed by atoms with Crippen molar-refractivity contribution in [3.05, 3.63) is 23.4 Å². The van der Waals surface area contributed by atoms with Crippen LogP contribution in [0.3, 0.4) is 0 Å². The van der Waals surface area contributed by atoms with E-state index in [4.69, 9.17) is 5.11 Å². The predicted octanol–water partition coefficient (Wildman–Crippen LogP) is 1.05. The van der Waals surface area contributed by atoms with E-state index in [1.54, 1.807) is 19.1 Å². The number of aromatic nitrogens is 1. The van der Waals surface area contributed by atoms with Gasteiger partial charge in [-0.25, -0.2) is 9.78 Å². The first-order valence-electron chi connectivity index (χ1n) is 5.72. The molecule has 0 aliphatic carbocycles. The Hall–Kier alpha value is -1.62. The van der Waals surface area contributed by atoms with Gasteiger partial charge in [0.1, 0.15) is 5.82 Å². The second-order valence-corrected chi connectivity index (χ2v) is 4.35. The summed E-state index contributed by atoms with van der Waals surface area (Å²) < 4.78 is 0. The molecular weight excluding hydrogens is 220 g/mol. The lowest BCUT2D eigenvalue weighted by Crippen LogP contribution is -2.38. The highest BCUT2D eigenvalue weighted by atomic mass is 16.4. The molecule has 0 saturated carbocycles. The van der Waals surface area contributed by atoms with Crippen molar-refractivity contribution in [2.45, 2.75) is 25.9 Å². The predicted molar refractivity (Wildman–Crippen MR) is 63.4 cm³/mol. The summed E-state index contributed by atoms with van der Waals surface area (Å²) >= 11 is 0. The molecule has 0 bridgehead atoms. The maximum Gasteiger partial charge on any atom is 0.337 e. The standard InChI is InChI=1S/C12H16N2O3/c1-8-10(12(16)17)4-5-11(13-8)14-6-2-3-9(15)7-14/h4-5,9,15H,2-3,6-7H2,1H3,(H,16,17). The van der Waals surface area contributed by atoms with E-state index in [1.165, 1.54) is 0 Å². The lowest BCUT2D eigenvalue weighted by molar-refractivity contribution is 0.0695. The van der Waals surface area contributed by atoms with Gasteiger partial charge in [0.25, 0.3) is 0 Å². The third-order valence-corrected chi connectivity index (χ3v) is 3.02. The Morgan fingerprint density at radius 1 is 1.53 bits per heavy atom. The average molecular weight is 236 g/mol. The molecule has 2 rings (SSSR count). The van der Waals surface area contributed by atoms with Crippen LogP contribution in [0.1, 0.15) is 28.9 Å². The van der Waals surface area contributed by atoms with Crippen LogP contribution in [0, 0.1) is 6.92 Å². The van der Waals surface area contributed by atoms with E-state index in [0.29, 0.717) is 12.2 Å². The van der Waals surface area contributed by atoms with Crippen molar-refractivity contribution < 1.29 is 15.0 Å². The fourth-order valence-corrected chi connectivity index (χ4v) is 2.11. The molecule has 1 aliphatic rings. The summed E-state index contributed by atoms with van der Waals surface area (Å²) in [5, 5.41) is 18.5. The highest BCUT2D eigenvalue weighted by Gasteiger charge is 2.19. The minimum atomic E-state index is -0.958. The lowest BCUT2D eigenvalue weighted by atomic mass is 10.1. The second kappa shape index (κ2) is 4.71. The monoisotopic (exact) mass is 236 g/mol. The van der Waals surface area contributed by atoms with Gasteiger partial charge in [0.05, 0.1) is 17.4 Å². The van der Waals surface area contributed by atoms with Gasteiger partial charge >= 0.3 is 5.97 Å². The zero-order valence-corrected chi connectivity index (χ0v) is 9.76. The summed E-state index contributed by atoms with van der Waals surface area (Å²) in [5.74, 6) is -0.216. The van der Waals surface area contributed by atoms with Gasteiger partial charge in [0, 0.05) is 13.1 Å². The zero-order valence-electron chi connectivity index (χ0n) is 9.76. The van der Waals surface area contributed by atoms with Crippen LogP contribution in [0.15, 0.2) is 12.1 Å². The van der Waals surface area contributed by atoms with Crippen molar-refractivity contribution in [3.8, 4) is 0 Å². The molecule has 1 aromatic rings. The van der Waals surface area contributed by atoms with E-state index in [-0.39, 0.29) is 11.7 Å². The van der Waals surface area contributed by atoms with E-state index in [2.05, 4.69) is 4.98 Å². The first-order chi connectivity index (χ1) is 8.08. The van der Waals surface area contributed by atoms with Gasteiger partial charge in [0.2, 0.25) is 0 Å². The van der Waals surface area contributed by atoms with Crippen LogP contribution in [0.5, 0.6) is 0 Å². The molecular formula is C12H16N2O3. The third-order valence-electron chi connectivity index (χ3n) is 3.02. The molecule has 0 spiro atoms. The summed E-state index contributed by atoms with van der Waals surface area (Å²) in [4.78, 5) is 17.1. The molecule has 17 heavy (non-hydrogen) atoms. The highest BCUT2D eigenvalue weighted by Crippen LogP contribution is 2.19. The summed E-state index contributed by atoms with van der Waals surface area (Å²) in [6.45, 7) is 3.11. The van der Waals surface area contributed by atoms with Gasteiger partial charge in [-0.05, 0) is 31.9 Å². The second-order valence-electron chi connectivity index (χ2n) is 4.35. The molecule has 1 saturated heterocycles. The molecule has 2 N–H and O–H groups in total. The van der Waals surface area contributed by atoms with Crippen molar-refractivity contribution in [2.75, 3.05) is 18.0 Å². The first-order valence-corrected chi connectivity index (χ1v) is 5.72. The number of aliphatic hydroxyl groups is 1. The van der Waals surface area contributed by atoms with Crippen LogP contribution in [0.2, 0.25) is 0 Å². The SMILES string of the molecule is Cc1nc(N2CCCC(O)C2)ccc1C(=O)O. The maximum absolute atomic E-state index is 10.9. The van der Waals surface area contributed by atoms with Crippen LogP contribution >= 0.6 is 0 Å². The fraction of sp³-hybridized carbons (Fsp3) is 0.500. The minimum Gasteiger partial charge on any atom is -0.478 e. The molecule has 0 aromatic carbocycles. The number of aliphatic hydroxyl groups excluding tert-OH is 1. The first kappa shape index (κ1) is 11.9. The summed E-state index contributed by atoms with van der Waals surface area (Å²) in [7, 11) is 0. The largest absolute Gasteiger partial charge is 0.478 e. The quantitative estimate of drug-likeness (QED) is 0.803. The number of aryl methyl sites for hydroxylation is 1. The smallest absolute Gasteiger partial charge is 0.337 e. The summed E-state index contributed by atoms with van der Waals surface area (Å²) in [6.07, 6.45) is 1.44. The molecule has 0 amide bonds. The van der Waals surface area contributed by atoms with Crippen molar-refractivity contribution in [3.63, 3.8) is 0 Å². The molecule has 1 atom stereocenters. The number of carboxylic acid groups (broad SMARTS) is 1. The number of carboxylic acids is 1. The van der Waals surface area contributed by atoms with E-state index < -0.39 is 5.97 Å². The topological polar surface area (TPSA) is 73.7 Å². The molecule has 1 aromatic heterocycles. The van der Waals surface area contributed by atoms with Crippen molar-refractivity contribution >= 4 is 11.8 Å². The van der Waals surface area contributed by atoms with Crippen LogP contribution in [-0.2, 0) is 0 Å². The number of piperidine rings is 1. The van der Waals surface area contributed by atoms with Crippen LogP contribution < -0.4 is 4.90 Å². The van der Waals surface area contributed by atoms with E-state index in [9.17, 15) is 9.90 Å². The Kier molecular flexibility index (Phi) is 3.28. The number of aromatic carboxylic acids is 1. The Morgan fingerprint density at radius 2 is 2.29 bits per heavy atom. The highest BCUT2D eigenvalue weighted by molar-refractivity contribution is 5.89. The molecule has 5 nitrogen and oxygen atoms in total. The van der Waals surface area contributed by atoms with Gasteiger partial charge in [0.15, 0.2) is 0 Å². The molecule has 2 heterocycles. The van der Waals surface area contributed by atoms with Gasteiger partial charge in [-0.2, -0.15) is 0 Å². The number of hydrogen-bond acceptors (Lipinski definition) is 4. The summed E-state index contributed by atoms with van der Waals surface area (Å²) in [6, 6.07) is 3.27. The fourth-order valence-electron chi connectivity index (χ4n) is 2.11. The third kappa shape index (κ3) is 2.55. The van der Waals surface area contributed by atoms with Gasteiger partial charge < -0.3 is 15.1 Å². The molecule has 0 radical (unpaired) electrons. The Morgan fingerprint density at radius 3 is 2.88 bits per heavy atom. The molecule has 1 unspecified atom stereocenters. The van der Waals surface area contributed by atoms with Crippen LogP contribution in [0.25, 0.3) is 0 Å². The van der Waals surface area contributed by atoms with Crippen molar-refractivity contribution in [2.24, 2.45) is 0 Å². The molecule has 92 valence electrons. The number of rotatable bonds is 2. The van der Waals surface area contributed by atoms with Crippen LogP contribution in [0.4, 0.5) is 5.82 Å². The Bertz CT molecular complexity index is 434. The molecule has 1 fully saturated rings. The minimum absolute atomic E-state index is 0.228. The number of nitrogens with zero attached hydrogens (tertiary/aromatic N) is 2. The summed E-state index contributed by atoms with van der Waals surface area (Å²) in [5.41, 5.74) is 0.737. The zero-order chi connectivity index (χ0) is 12.4. The number of hydrogen-bond donors (Lipinski definition) is 2. The number of carbonyl (C=O) groups is 1. The number of β-amino-alcohol motifs (C(OH)–C–C–N with tert-alkyl or cyclic N) is 1. The van der Waals surface area contributed by atoms with Gasteiger partial charge in [-0.3, -0.25) is 0 Å². The van der Waals surface area contributed by atoms with E-state index >= 15 is 0 Å².